The molecule has 0 amide bonds. The van der Waals surface area contributed by atoms with Crippen molar-refractivity contribution in [3.05, 3.63) is 21.8 Å². The van der Waals surface area contributed by atoms with E-state index in [2.05, 4.69) is 20.9 Å². The van der Waals surface area contributed by atoms with Crippen LogP contribution in [-0.2, 0) is 0 Å². The van der Waals surface area contributed by atoms with Gasteiger partial charge in [-0.15, -0.1) is 0 Å². The second-order valence-corrected chi connectivity index (χ2v) is 5.73. The van der Waals surface area contributed by atoms with Crippen LogP contribution in [0.25, 0.3) is 0 Å². The van der Waals surface area contributed by atoms with E-state index in [0.717, 1.165) is 11.0 Å². The van der Waals surface area contributed by atoms with Gasteiger partial charge in [0.25, 0.3) is 0 Å². The van der Waals surface area contributed by atoms with Crippen molar-refractivity contribution in [3.63, 3.8) is 0 Å². The predicted molar refractivity (Wildman–Crippen MR) is 72.3 cm³/mol. The van der Waals surface area contributed by atoms with E-state index >= 15 is 0 Å². The summed E-state index contributed by atoms with van der Waals surface area (Å²) < 4.78 is 6.53. The number of pyridine rings is 1. The van der Waals surface area contributed by atoms with Gasteiger partial charge in [-0.1, -0.05) is 18.0 Å². The monoisotopic (exact) mass is 318 g/mol. The molecule has 2 N–H and O–H groups in total. The van der Waals surface area contributed by atoms with Gasteiger partial charge in [0, 0.05) is 6.20 Å². The molecule has 3 nitrogen and oxygen atoms in total. The summed E-state index contributed by atoms with van der Waals surface area (Å²) in [6.07, 6.45) is 5.27. The van der Waals surface area contributed by atoms with Crippen molar-refractivity contribution in [3.8, 4) is 5.88 Å². The molecule has 5 heteroatoms. The standard InChI is InChI=1S/C12H16BrClN2O/c13-11-4-10(14)6-16-12(11)17-7-9-3-1-2-8(9)5-15/h4,6,8-9H,1-3,5,7,15H2. The topological polar surface area (TPSA) is 48.1 Å². The Bertz CT molecular complexity index is 389. The van der Waals surface area contributed by atoms with Gasteiger partial charge in [-0.3, -0.25) is 0 Å². The van der Waals surface area contributed by atoms with Gasteiger partial charge >= 0.3 is 0 Å². The number of aromatic nitrogens is 1. The highest BCUT2D eigenvalue weighted by atomic mass is 79.9. The molecule has 1 aliphatic rings. The van der Waals surface area contributed by atoms with E-state index in [1.54, 1.807) is 12.3 Å². The minimum atomic E-state index is 0.560. The molecule has 1 aromatic heterocycles. The molecule has 94 valence electrons. The van der Waals surface area contributed by atoms with E-state index < -0.39 is 0 Å². The zero-order valence-corrected chi connectivity index (χ0v) is 11.9. The Labute approximate surface area is 115 Å². The van der Waals surface area contributed by atoms with E-state index in [-0.39, 0.29) is 0 Å². The molecule has 2 rings (SSSR count). The molecule has 1 aromatic rings. The molecular formula is C12H16BrClN2O. The van der Waals surface area contributed by atoms with Crippen LogP contribution in [0.1, 0.15) is 19.3 Å². The summed E-state index contributed by atoms with van der Waals surface area (Å²) >= 11 is 9.22. The number of hydrogen-bond acceptors (Lipinski definition) is 3. The quantitative estimate of drug-likeness (QED) is 0.926. The Morgan fingerprint density at radius 2 is 2.24 bits per heavy atom. The Hall–Kier alpha value is -0.320. The second-order valence-electron chi connectivity index (χ2n) is 4.44. The fourth-order valence-electron chi connectivity index (χ4n) is 2.34. The Morgan fingerprint density at radius 3 is 2.94 bits per heavy atom. The average Bonchev–Trinajstić information content (AvgIpc) is 2.75. The van der Waals surface area contributed by atoms with Crippen molar-refractivity contribution in [2.24, 2.45) is 17.6 Å². The molecule has 0 radical (unpaired) electrons. The normalized spacial score (nSPS) is 23.9. The lowest BCUT2D eigenvalue weighted by molar-refractivity contribution is 0.209. The Kier molecular flexibility index (Phi) is 4.65. The van der Waals surface area contributed by atoms with Crippen LogP contribution in [-0.4, -0.2) is 18.1 Å². The average molecular weight is 320 g/mol. The first-order valence-corrected chi connectivity index (χ1v) is 7.01. The van der Waals surface area contributed by atoms with Gasteiger partial charge in [0.2, 0.25) is 5.88 Å². The van der Waals surface area contributed by atoms with Crippen LogP contribution in [0.4, 0.5) is 0 Å². The van der Waals surface area contributed by atoms with E-state index in [0.29, 0.717) is 29.3 Å². The van der Waals surface area contributed by atoms with Crippen molar-refractivity contribution in [2.75, 3.05) is 13.2 Å². The van der Waals surface area contributed by atoms with Gasteiger partial charge in [0.05, 0.1) is 16.1 Å². The van der Waals surface area contributed by atoms with Crippen LogP contribution in [0.3, 0.4) is 0 Å². The van der Waals surface area contributed by atoms with E-state index in [4.69, 9.17) is 22.1 Å². The number of halogens is 2. The van der Waals surface area contributed by atoms with Crippen LogP contribution < -0.4 is 10.5 Å². The van der Waals surface area contributed by atoms with Gasteiger partial charge in [-0.05, 0) is 53.2 Å². The summed E-state index contributed by atoms with van der Waals surface area (Å²) in [7, 11) is 0. The van der Waals surface area contributed by atoms with Gasteiger partial charge in [-0.2, -0.15) is 0 Å². The molecule has 2 unspecified atom stereocenters. The smallest absolute Gasteiger partial charge is 0.228 e. The van der Waals surface area contributed by atoms with E-state index in [1.807, 2.05) is 0 Å². The van der Waals surface area contributed by atoms with Crippen molar-refractivity contribution < 1.29 is 4.74 Å². The third-order valence-electron chi connectivity index (χ3n) is 3.33. The molecular weight excluding hydrogens is 304 g/mol. The maximum atomic E-state index is 5.83. The summed E-state index contributed by atoms with van der Waals surface area (Å²) in [6.45, 7) is 1.44. The lowest BCUT2D eigenvalue weighted by Crippen LogP contribution is -2.23. The van der Waals surface area contributed by atoms with Crippen molar-refractivity contribution in [1.82, 2.24) is 4.98 Å². The lowest BCUT2D eigenvalue weighted by atomic mass is 9.97. The number of nitrogens with two attached hydrogens (primary N) is 1. The van der Waals surface area contributed by atoms with Gasteiger partial charge in [0.15, 0.2) is 0 Å². The first-order valence-electron chi connectivity index (χ1n) is 5.84. The van der Waals surface area contributed by atoms with E-state index in [9.17, 15) is 0 Å². The van der Waals surface area contributed by atoms with Crippen LogP contribution >= 0.6 is 27.5 Å². The highest BCUT2D eigenvalue weighted by molar-refractivity contribution is 9.10. The largest absolute Gasteiger partial charge is 0.477 e. The van der Waals surface area contributed by atoms with Crippen LogP contribution in [0.15, 0.2) is 16.7 Å². The number of nitrogens with zero attached hydrogens (tertiary/aromatic N) is 1. The summed E-state index contributed by atoms with van der Waals surface area (Å²) in [5.74, 6) is 1.77. The van der Waals surface area contributed by atoms with Crippen molar-refractivity contribution in [2.45, 2.75) is 19.3 Å². The van der Waals surface area contributed by atoms with Crippen LogP contribution in [0, 0.1) is 11.8 Å². The molecule has 1 saturated carbocycles. The molecule has 1 aliphatic carbocycles. The molecule has 0 aliphatic heterocycles. The number of ether oxygens (including phenoxy) is 1. The zero-order valence-electron chi connectivity index (χ0n) is 9.53. The van der Waals surface area contributed by atoms with Crippen LogP contribution in [0.2, 0.25) is 5.02 Å². The number of rotatable bonds is 4. The fraction of sp³-hybridized carbons (Fsp3) is 0.583. The first kappa shape index (κ1) is 13.1. The molecule has 2 atom stereocenters. The van der Waals surface area contributed by atoms with E-state index in [1.165, 1.54) is 19.3 Å². The maximum absolute atomic E-state index is 5.83. The third kappa shape index (κ3) is 3.33. The first-order chi connectivity index (χ1) is 8.20. The molecule has 0 bridgehead atoms. The maximum Gasteiger partial charge on any atom is 0.228 e. The highest BCUT2D eigenvalue weighted by Gasteiger charge is 2.26. The second kappa shape index (κ2) is 6.03. The lowest BCUT2D eigenvalue weighted by Gasteiger charge is -2.18. The van der Waals surface area contributed by atoms with Crippen molar-refractivity contribution >= 4 is 27.5 Å². The molecule has 1 fully saturated rings. The molecule has 0 aromatic carbocycles. The fourth-order valence-corrected chi connectivity index (χ4v) is 3.09. The molecule has 0 saturated heterocycles. The summed E-state index contributed by atoms with van der Waals surface area (Å²) in [5, 5.41) is 0.602. The van der Waals surface area contributed by atoms with Gasteiger partial charge in [-0.25, -0.2) is 4.98 Å². The highest BCUT2D eigenvalue weighted by Crippen LogP contribution is 2.32. The summed E-state index contributed by atoms with van der Waals surface area (Å²) in [4.78, 5) is 4.16. The third-order valence-corrected chi connectivity index (χ3v) is 4.10. The Morgan fingerprint density at radius 1 is 1.47 bits per heavy atom. The minimum absolute atomic E-state index is 0.560. The minimum Gasteiger partial charge on any atom is -0.477 e. The SMILES string of the molecule is NCC1CCCC1COc1ncc(Cl)cc1Br. The zero-order chi connectivity index (χ0) is 12.3. The summed E-state index contributed by atoms with van der Waals surface area (Å²) in [6, 6.07) is 1.79. The van der Waals surface area contributed by atoms with Gasteiger partial charge in [0.1, 0.15) is 0 Å². The van der Waals surface area contributed by atoms with Crippen molar-refractivity contribution in [1.29, 1.82) is 0 Å². The predicted octanol–water partition coefficient (Wildman–Crippen LogP) is 3.25. The number of hydrogen-bond donors (Lipinski definition) is 1. The summed E-state index contributed by atoms with van der Waals surface area (Å²) in [5.41, 5.74) is 5.75. The molecule has 0 spiro atoms. The van der Waals surface area contributed by atoms with Gasteiger partial charge < -0.3 is 10.5 Å². The Balaban J connectivity index is 1.93. The molecule has 17 heavy (non-hydrogen) atoms. The molecule has 1 heterocycles. The van der Waals surface area contributed by atoms with Crippen LogP contribution in [0.5, 0.6) is 5.88 Å².